The third kappa shape index (κ3) is 3.45. The molecule has 0 heterocycles. The molecule has 0 bridgehead atoms. The number of methoxy groups -OCH3 is 2. The number of benzene rings is 2. The van der Waals surface area contributed by atoms with Crippen LogP contribution < -0.4 is 9.47 Å². The van der Waals surface area contributed by atoms with Crippen LogP contribution in [0.4, 0.5) is 0 Å². The van der Waals surface area contributed by atoms with Crippen LogP contribution in [-0.4, -0.2) is 25.3 Å². The topological polar surface area (TPSA) is 55.8 Å². The predicted molar refractivity (Wildman–Crippen MR) is 86.9 cm³/mol. The van der Waals surface area contributed by atoms with Gasteiger partial charge in [0.25, 0.3) is 0 Å². The van der Waals surface area contributed by atoms with Crippen molar-refractivity contribution < 1.29 is 19.4 Å². The third-order valence-electron chi connectivity index (χ3n) is 3.17. The standard InChI is InChI=1S/C19H14O4/c1-4-13-11-17(22-2)18(23-3)12-15(13)10-9-14-7-5-6-8-16(14)19(20)21/h1,5-8,11-12H,2-3H3,(H,20,21). The second-order valence-corrected chi connectivity index (χ2v) is 4.50. The Balaban J connectivity index is 2.54. The normalized spacial score (nSPS) is 9.26. The van der Waals surface area contributed by atoms with Gasteiger partial charge in [-0.1, -0.05) is 29.9 Å². The van der Waals surface area contributed by atoms with Crippen molar-refractivity contribution in [1.82, 2.24) is 0 Å². The number of carboxylic acids is 1. The minimum Gasteiger partial charge on any atom is -0.493 e. The highest BCUT2D eigenvalue weighted by molar-refractivity contribution is 5.90. The summed E-state index contributed by atoms with van der Waals surface area (Å²) in [6.07, 6.45) is 5.50. The first kappa shape index (κ1) is 16.0. The van der Waals surface area contributed by atoms with Gasteiger partial charge in [-0.3, -0.25) is 0 Å². The van der Waals surface area contributed by atoms with Gasteiger partial charge in [-0.2, -0.15) is 0 Å². The second-order valence-electron chi connectivity index (χ2n) is 4.50. The maximum atomic E-state index is 11.2. The van der Waals surface area contributed by atoms with Crippen LogP contribution in [0.3, 0.4) is 0 Å². The summed E-state index contributed by atoms with van der Waals surface area (Å²) in [4.78, 5) is 11.2. The van der Waals surface area contributed by atoms with Gasteiger partial charge in [-0.15, -0.1) is 6.42 Å². The molecule has 0 aromatic heterocycles. The van der Waals surface area contributed by atoms with E-state index in [2.05, 4.69) is 17.8 Å². The zero-order valence-corrected chi connectivity index (χ0v) is 12.7. The molecule has 0 aliphatic heterocycles. The van der Waals surface area contributed by atoms with Gasteiger partial charge in [0.1, 0.15) is 0 Å². The molecule has 2 aromatic rings. The molecule has 4 heteroatoms. The highest BCUT2D eigenvalue weighted by atomic mass is 16.5. The Hall–Kier alpha value is -3.37. The number of aromatic carboxylic acids is 1. The van der Waals surface area contributed by atoms with E-state index in [0.29, 0.717) is 28.2 Å². The van der Waals surface area contributed by atoms with E-state index in [1.165, 1.54) is 20.3 Å². The molecule has 4 nitrogen and oxygen atoms in total. The van der Waals surface area contributed by atoms with Gasteiger partial charge in [-0.25, -0.2) is 4.79 Å². The zero-order valence-electron chi connectivity index (χ0n) is 12.7. The number of hydrogen-bond acceptors (Lipinski definition) is 3. The van der Waals surface area contributed by atoms with E-state index in [-0.39, 0.29) is 5.56 Å². The Labute approximate surface area is 134 Å². The Kier molecular flexibility index (Phi) is 4.92. The molecule has 0 saturated heterocycles. The number of hydrogen-bond donors (Lipinski definition) is 1. The molecule has 0 radical (unpaired) electrons. The van der Waals surface area contributed by atoms with Gasteiger partial charge in [0.05, 0.1) is 19.8 Å². The fraction of sp³-hybridized carbons (Fsp3) is 0.105. The molecule has 0 atom stereocenters. The fourth-order valence-electron chi connectivity index (χ4n) is 2.02. The summed E-state index contributed by atoms with van der Waals surface area (Å²) in [6, 6.07) is 9.86. The number of carbonyl (C=O) groups is 1. The van der Waals surface area contributed by atoms with Crippen LogP contribution >= 0.6 is 0 Å². The molecule has 2 aromatic carbocycles. The van der Waals surface area contributed by atoms with Gasteiger partial charge < -0.3 is 14.6 Å². The van der Waals surface area contributed by atoms with Gasteiger partial charge in [-0.05, 0) is 12.1 Å². The molecule has 0 spiro atoms. The van der Waals surface area contributed by atoms with E-state index in [1.807, 2.05) is 0 Å². The van der Waals surface area contributed by atoms with E-state index in [1.54, 1.807) is 30.3 Å². The van der Waals surface area contributed by atoms with Crippen LogP contribution in [0.2, 0.25) is 0 Å². The van der Waals surface area contributed by atoms with Crippen LogP contribution in [0.15, 0.2) is 36.4 Å². The fourth-order valence-corrected chi connectivity index (χ4v) is 2.02. The maximum Gasteiger partial charge on any atom is 0.336 e. The molecule has 1 N–H and O–H groups in total. The minimum absolute atomic E-state index is 0.141. The highest BCUT2D eigenvalue weighted by Crippen LogP contribution is 2.30. The largest absolute Gasteiger partial charge is 0.493 e. The van der Waals surface area contributed by atoms with Gasteiger partial charge >= 0.3 is 5.97 Å². The Morgan fingerprint density at radius 2 is 1.57 bits per heavy atom. The summed E-state index contributed by atoms with van der Waals surface area (Å²) < 4.78 is 10.4. The Bertz CT molecular complexity index is 848. The molecule has 2 rings (SSSR count). The van der Waals surface area contributed by atoms with E-state index in [0.717, 1.165) is 0 Å². The highest BCUT2D eigenvalue weighted by Gasteiger charge is 2.09. The van der Waals surface area contributed by atoms with Crippen LogP contribution in [0, 0.1) is 24.2 Å². The first-order valence-corrected chi connectivity index (χ1v) is 6.67. The molecule has 0 aliphatic rings. The summed E-state index contributed by atoms with van der Waals surface area (Å²) in [5.74, 6) is 8.29. The van der Waals surface area contributed by atoms with Gasteiger partial charge in [0, 0.05) is 28.8 Å². The summed E-state index contributed by atoms with van der Waals surface area (Å²) in [7, 11) is 3.04. The zero-order chi connectivity index (χ0) is 16.8. The summed E-state index contributed by atoms with van der Waals surface area (Å²) in [6.45, 7) is 0. The van der Waals surface area contributed by atoms with Crippen LogP contribution in [0.25, 0.3) is 0 Å². The van der Waals surface area contributed by atoms with E-state index >= 15 is 0 Å². The molecule has 0 aliphatic carbocycles. The summed E-state index contributed by atoms with van der Waals surface area (Å²) in [5.41, 5.74) is 1.66. The summed E-state index contributed by atoms with van der Waals surface area (Å²) >= 11 is 0. The average Bonchev–Trinajstić information content (AvgIpc) is 2.59. The molecular weight excluding hydrogens is 292 g/mol. The SMILES string of the molecule is C#Cc1cc(OC)c(OC)cc1C#Cc1ccccc1C(=O)O. The van der Waals surface area contributed by atoms with Crippen molar-refractivity contribution in [3.63, 3.8) is 0 Å². The van der Waals surface area contributed by atoms with Crippen LogP contribution in [0.1, 0.15) is 27.0 Å². The molecular formula is C19H14O4. The first-order chi connectivity index (χ1) is 11.1. The molecule has 0 fully saturated rings. The maximum absolute atomic E-state index is 11.2. The van der Waals surface area contributed by atoms with Crippen LogP contribution in [-0.2, 0) is 0 Å². The van der Waals surface area contributed by atoms with E-state index in [4.69, 9.17) is 15.9 Å². The van der Waals surface area contributed by atoms with Crippen molar-refractivity contribution in [2.24, 2.45) is 0 Å². The quantitative estimate of drug-likeness (QED) is 0.886. The number of terminal acetylenes is 1. The van der Waals surface area contributed by atoms with Gasteiger partial charge in [0.2, 0.25) is 0 Å². The van der Waals surface area contributed by atoms with Crippen LogP contribution in [0.5, 0.6) is 11.5 Å². The average molecular weight is 306 g/mol. The van der Waals surface area contributed by atoms with E-state index in [9.17, 15) is 9.90 Å². The van der Waals surface area contributed by atoms with E-state index < -0.39 is 5.97 Å². The molecule has 23 heavy (non-hydrogen) atoms. The molecule has 114 valence electrons. The molecule has 0 saturated carbocycles. The van der Waals surface area contributed by atoms with Crippen molar-refractivity contribution in [1.29, 1.82) is 0 Å². The lowest BCUT2D eigenvalue weighted by atomic mass is 10.0. The molecule has 0 unspecified atom stereocenters. The Morgan fingerprint density at radius 1 is 1.00 bits per heavy atom. The number of rotatable bonds is 3. The van der Waals surface area contributed by atoms with Gasteiger partial charge in [0.15, 0.2) is 11.5 Å². The number of carboxylic acid groups (broad SMARTS) is 1. The molecule has 0 amide bonds. The second kappa shape index (κ2) is 7.06. The van der Waals surface area contributed by atoms with Crippen molar-refractivity contribution in [2.75, 3.05) is 14.2 Å². The lowest BCUT2D eigenvalue weighted by molar-refractivity contribution is 0.0696. The van der Waals surface area contributed by atoms with Crippen molar-refractivity contribution >= 4 is 5.97 Å². The minimum atomic E-state index is -1.03. The lowest BCUT2D eigenvalue weighted by Crippen LogP contribution is -1.99. The predicted octanol–water partition coefficient (Wildman–Crippen LogP) is 2.78. The monoisotopic (exact) mass is 306 g/mol. The third-order valence-corrected chi connectivity index (χ3v) is 3.17. The van der Waals surface area contributed by atoms with Crippen molar-refractivity contribution in [2.45, 2.75) is 0 Å². The Morgan fingerprint density at radius 3 is 2.13 bits per heavy atom. The first-order valence-electron chi connectivity index (χ1n) is 6.67. The lowest BCUT2D eigenvalue weighted by Gasteiger charge is -2.09. The van der Waals surface area contributed by atoms with Crippen molar-refractivity contribution in [3.8, 4) is 35.7 Å². The van der Waals surface area contributed by atoms with Crippen molar-refractivity contribution in [3.05, 3.63) is 58.7 Å². The smallest absolute Gasteiger partial charge is 0.336 e. The number of ether oxygens (including phenoxy) is 2. The summed E-state index contributed by atoms with van der Waals surface area (Å²) in [5, 5.41) is 9.18.